The maximum Gasteiger partial charge on any atom is 0.0342 e. The van der Waals surface area contributed by atoms with Crippen LogP contribution in [0, 0.1) is 12.8 Å². The molecular formula is C23H32N2. The fraction of sp³-hybridized carbons (Fsp3) is 0.478. The smallest absolute Gasteiger partial charge is 0.0342 e. The Morgan fingerprint density at radius 2 is 1.80 bits per heavy atom. The van der Waals surface area contributed by atoms with Gasteiger partial charge in [0.15, 0.2) is 0 Å². The summed E-state index contributed by atoms with van der Waals surface area (Å²) in [6.07, 6.45) is 5.17. The van der Waals surface area contributed by atoms with E-state index in [0.29, 0.717) is 6.04 Å². The van der Waals surface area contributed by atoms with Crippen LogP contribution in [0.1, 0.15) is 43.7 Å². The normalized spacial score (nSPS) is 21.2. The molecule has 0 radical (unpaired) electrons. The van der Waals surface area contributed by atoms with Crippen molar-refractivity contribution in [2.24, 2.45) is 5.92 Å². The number of unbranched alkanes of at least 4 members (excludes halogenated alkanes) is 1. The van der Waals surface area contributed by atoms with Gasteiger partial charge in [-0.15, -0.1) is 0 Å². The van der Waals surface area contributed by atoms with Gasteiger partial charge in [-0.25, -0.2) is 0 Å². The maximum absolute atomic E-state index is 3.82. The Kier molecular flexibility index (Phi) is 6.52. The van der Waals surface area contributed by atoms with Crippen molar-refractivity contribution in [1.29, 1.82) is 0 Å². The zero-order valence-electron chi connectivity index (χ0n) is 15.7. The number of rotatable bonds is 7. The average molecular weight is 337 g/mol. The number of nitrogens with zero attached hydrogens (tertiary/aromatic N) is 1. The summed E-state index contributed by atoms with van der Waals surface area (Å²) in [6, 6.07) is 20.3. The van der Waals surface area contributed by atoms with Crippen LogP contribution in [0.4, 0.5) is 5.69 Å². The van der Waals surface area contributed by atoms with Crippen molar-refractivity contribution in [1.82, 2.24) is 4.90 Å². The molecular weight excluding hydrogens is 304 g/mol. The van der Waals surface area contributed by atoms with Crippen LogP contribution >= 0.6 is 0 Å². The number of likely N-dealkylation sites (tertiary alicyclic amines) is 1. The molecule has 1 aliphatic heterocycles. The first-order chi connectivity index (χ1) is 12.2. The van der Waals surface area contributed by atoms with Gasteiger partial charge in [0, 0.05) is 31.4 Å². The average Bonchev–Trinajstić information content (AvgIpc) is 2.64. The molecule has 1 aliphatic rings. The Balaban J connectivity index is 1.62. The van der Waals surface area contributed by atoms with Crippen LogP contribution in [0.2, 0.25) is 0 Å². The molecule has 1 N–H and O–H groups in total. The highest BCUT2D eigenvalue weighted by atomic mass is 15.1. The van der Waals surface area contributed by atoms with Crippen LogP contribution in [-0.2, 0) is 6.54 Å². The van der Waals surface area contributed by atoms with Gasteiger partial charge in [0.25, 0.3) is 0 Å². The van der Waals surface area contributed by atoms with E-state index in [1.807, 2.05) is 0 Å². The van der Waals surface area contributed by atoms with Gasteiger partial charge < -0.3 is 5.32 Å². The molecule has 2 aromatic carbocycles. The van der Waals surface area contributed by atoms with Crippen LogP contribution in [0.5, 0.6) is 0 Å². The van der Waals surface area contributed by atoms with Crippen LogP contribution in [-0.4, -0.2) is 24.0 Å². The fourth-order valence-electron chi connectivity index (χ4n) is 3.91. The molecule has 0 aliphatic carbocycles. The lowest BCUT2D eigenvalue weighted by atomic mass is 9.87. The number of benzene rings is 2. The van der Waals surface area contributed by atoms with Crippen molar-refractivity contribution in [2.45, 2.75) is 52.1 Å². The summed E-state index contributed by atoms with van der Waals surface area (Å²) < 4.78 is 0. The van der Waals surface area contributed by atoms with Gasteiger partial charge in [0.2, 0.25) is 0 Å². The first kappa shape index (κ1) is 18.0. The minimum atomic E-state index is 0.598. The molecule has 0 spiro atoms. The first-order valence-corrected chi connectivity index (χ1v) is 9.84. The SMILES string of the molecule is CCCCC1CN(Cc2ccccc2)CCC1Nc1ccc(C)cc1. The molecule has 2 nitrogen and oxygen atoms in total. The second-order valence-corrected chi connectivity index (χ2v) is 7.53. The van der Waals surface area contributed by atoms with E-state index >= 15 is 0 Å². The molecule has 0 bridgehead atoms. The second-order valence-electron chi connectivity index (χ2n) is 7.53. The van der Waals surface area contributed by atoms with E-state index in [-0.39, 0.29) is 0 Å². The Morgan fingerprint density at radius 3 is 2.52 bits per heavy atom. The summed E-state index contributed by atoms with van der Waals surface area (Å²) in [5.74, 6) is 0.735. The molecule has 134 valence electrons. The summed E-state index contributed by atoms with van der Waals surface area (Å²) in [5, 5.41) is 3.82. The summed E-state index contributed by atoms with van der Waals surface area (Å²) in [7, 11) is 0. The van der Waals surface area contributed by atoms with Gasteiger partial charge in [-0.1, -0.05) is 67.8 Å². The number of piperidine rings is 1. The predicted octanol–water partition coefficient (Wildman–Crippen LogP) is 5.49. The van der Waals surface area contributed by atoms with Gasteiger partial charge in [0.1, 0.15) is 0 Å². The molecule has 25 heavy (non-hydrogen) atoms. The quantitative estimate of drug-likeness (QED) is 0.719. The molecule has 2 aromatic rings. The lowest BCUT2D eigenvalue weighted by Crippen LogP contribution is -2.46. The zero-order chi connectivity index (χ0) is 17.5. The summed E-state index contributed by atoms with van der Waals surface area (Å²) >= 11 is 0. The third-order valence-electron chi connectivity index (χ3n) is 5.40. The van der Waals surface area contributed by atoms with Gasteiger partial charge in [-0.3, -0.25) is 4.90 Å². The maximum atomic E-state index is 3.82. The minimum Gasteiger partial charge on any atom is -0.382 e. The summed E-state index contributed by atoms with van der Waals surface area (Å²) in [6.45, 7) is 7.92. The Labute approximate surface area is 153 Å². The molecule has 1 saturated heterocycles. The summed E-state index contributed by atoms with van der Waals surface area (Å²) in [4.78, 5) is 2.64. The molecule has 1 fully saturated rings. The number of hydrogen-bond donors (Lipinski definition) is 1. The number of hydrogen-bond acceptors (Lipinski definition) is 2. The van der Waals surface area contributed by atoms with Crippen molar-refractivity contribution in [3.63, 3.8) is 0 Å². The Morgan fingerprint density at radius 1 is 1.04 bits per heavy atom. The fourth-order valence-corrected chi connectivity index (χ4v) is 3.91. The van der Waals surface area contributed by atoms with E-state index in [2.05, 4.69) is 78.7 Å². The number of anilines is 1. The van der Waals surface area contributed by atoms with E-state index < -0.39 is 0 Å². The highest BCUT2D eigenvalue weighted by Crippen LogP contribution is 2.26. The lowest BCUT2D eigenvalue weighted by molar-refractivity contribution is 0.148. The van der Waals surface area contributed by atoms with Crippen LogP contribution < -0.4 is 5.32 Å². The predicted molar refractivity (Wildman–Crippen MR) is 108 cm³/mol. The molecule has 3 rings (SSSR count). The molecule has 0 saturated carbocycles. The Hall–Kier alpha value is -1.80. The second kappa shape index (κ2) is 9.05. The third-order valence-corrected chi connectivity index (χ3v) is 5.40. The molecule has 1 heterocycles. The van der Waals surface area contributed by atoms with E-state index in [1.54, 1.807) is 0 Å². The van der Waals surface area contributed by atoms with Crippen LogP contribution in [0.3, 0.4) is 0 Å². The van der Waals surface area contributed by atoms with E-state index in [0.717, 1.165) is 12.5 Å². The van der Waals surface area contributed by atoms with E-state index in [9.17, 15) is 0 Å². The molecule has 0 amide bonds. The first-order valence-electron chi connectivity index (χ1n) is 9.84. The minimum absolute atomic E-state index is 0.598. The number of aryl methyl sites for hydroxylation is 1. The standard InChI is InChI=1S/C23H32N2/c1-3-4-10-21-18-25(17-20-8-6-5-7-9-20)16-15-23(21)24-22-13-11-19(2)12-14-22/h5-9,11-14,21,23-24H,3-4,10,15-18H2,1-2H3. The van der Waals surface area contributed by atoms with Crippen molar-refractivity contribution >= 4 is 5.69 Å². The van der Waals surface area contributed by atoms with Crippen molar-refractivity contribution < 1.29 is 0 Å². The largest absolute Gasteiger partial charge is 0.382 e. The zero-order valence-corrected chi connectivity index (χ0v) is 15.7. The van der Waals surface area contributed by atoms with Gasteiger partial charge in [-0.2, -0.15) is 0 Å². The monoisotopic (exact) mass is 336 g/mol. The van der Waals surface area contributed by atoms with Gasteiger partial charge in [0.05, 0.1) is 0 Å². The van der Waals surface area contributed by atoms with Gasteiger partial charge in [-0.05, 0) is 43.4 Å². The third kappa shape index (κ3) is 5.34. The Bertz CT molecular complexity index is 620. The van der Waals surface area contributed by atoms with Crippen molar-refractivity contribution in [2.75, 3.05) is 18.4 Å². The number of nitrogens with one attached hydrogen (secondary N) is 1. The highest BCUT2D eigenvalue weighted by Gasteiger charge is 2.28. The van der Waals surface area contributed by atoms with E-state index in [4.69, 9.17) is 0 Å². The van der Waals surface area contributed by atoms with Crippen molar-refractivity contribution in [3.05, 3.63) is 65.7 Å². The molecule has 2 atom stereocenters. The molecule has 2 heteroatoms. The molecule has 0 aromatic heterocycles. The molecule has 2 unspecified atom stereocenters. The topological polar surface area (TPSA) is 15.3 Å². The van der Waals surface area contributed by atoms with E-state index in [1.165, 1.54) is 55.6 Å². The highest BCUT2D eigenvalue weighted by molar-refractivity contribution is 5.45. The van der Waals surface area contributed by atoms with Crippen LogP contribution in [0.15, 0.2) is 54.6 Å². The summed E-state index contributed by atoms with van der Waals surface area (Å²) in [5.41, 5.74) is 4.03. The lowest BCUT2D eigenvalue weighted by Gasteiger charge is -2.39. The van der Waals surface area contributed by atoms with Gasteiger partial charge >= 0.3 is 0 Å². The van der Waals surface area contributed by atoms with Crippen LogP contribution in [0.25, 0.3) is 0 Å². The van der Waals surface area contributed by atoms with Crippen molar-refractivity contribution in [3.8, 4) is 0 Å².